The van der Waals surface area contributed by atoms with Gasteiger partial charge in [0.2, 0.25) is 11.8 Å². The molecule has 7 nitrogen and oxygen atoms in total. The first-order valence-electron chi connectivity index (χ1n) is 14.4. The van der Waals surface area contributed by atoms with Crippen LogP contribution in [0.2, 0.25) is 0 Å². The Hall–Kier alpha value is -4.13. The Morgan fingerprint density at radius 3 is 1.90 bits per heavy atom. The zero-order valence-corrected chi connectivity index (χ0v) is 26.2. The number of alkyl carbamates (subject to hydrolysis) is 1. The minimum Gasteiger partial charge on any atom is -0.444 e. The van der Waals surface area contributed by atoms with E-state index in [1.165, 1.54) is 0 Å². The molecule has 0 heterocycles. The molecule has 2 unspecified atom stereocenters. The lowest BCUT2D eigenvalue weighted by atomic mass is 9.91. The van der Waals surface area contributed by atoms with E-state index in [0.717, 1.165) is 27.8 Å². The minimum absolute atomic E-state index is 0.233. The Bertz CT molecular complexity index is 1360. The van der Waals surface area contributed by atoms with Crippen LogP contribution in [0, 0.1) is 13.8 Å². The highest BCUT2D eigenvalue weighted by Crippen LogP contribution is 2.32. The quantitative estimate of drug-likeness (QED) is 0.310. The Balaban J connectivity index is 2.08. The molecule has 3 amide bonds. The smallest absolute Gasteiger partial charge is 0.408 e. The molecule has 0 saturated carbocycles. The van der Waals surface area contributed by atoms with Gasteiger partial charge in [-0.1, -0.05) is 84.4 Å². The molecule has 2 atom stereocenters. The summed E-state index contributed by atoms with van der Waals surface area (Å²) >= 11 is 0. The predicted octanol–water partition coefficient (Wildman–Crippen LogP) is 6.42. The van der Waals surface area contributed by atoms with Gasteiger partial charge in [-0.15, -0.1) is 0 Å². The lowest BCUT2D eigenvalue weighted by molar-refractivity contribution is -0.148. The maximum absolute atomic E-state index is 14.6. The van der Waals surface area contributed by atoms with Crippen LogP contribution in [0.1, 0.15) is 75.4 Å². The third-order valence-corrected chi connectivity index (χ3v) is 6.77. The SMILES string of the molecule is Cc1ccc(C(C(=O)NCc2ccccc2)N(C(=O)C(Cc2ccccc2)NC(=O)OC(C)(C)C)C(C)(C)C)c(C)c1. The van der Waals surface area contributed by atoms with Crippen molar-refractivity contribution >= 4 is 17.9 Å². The van der Waals surface area contributed by atoms with E-state index in [0.29, 0.717) is 6.54 Å². The molecule has 0 spiro atoms. The third-order valence-electron chi connectivity index (χ3n) is 6.77. The van der Waals surface area contributed by atoms with Gasteiger partial charge in [0.25, 0.3) is 0 Å². The normalized spacial score (nSPS) is 13.0. The first kappa shape index (κ1) is 32.4. The van der Waals surface area contributed by atoms with Crippen molar-refractivity contribution in [2.24, 2.45) is 0 Å². The van der Waals surface area contributed by atoms with Crippen molar-refractivity contribution in [1.29, 1.82) is 0 Å². The molecule has 42 heavy (non-hydrogen) atoms. The molecule has 3 rings (SSSR count). The molecule has 0 saturated heterocycles. The lowest BCUT2D eigenvalue weighted by Crippen LogP contribution is -2.59. The fourth-order valence-electron chi connectivity index (χ4n) is 4.92. The van der Waals surface area contributed by atoms with Crippen LogP contribution in [0.5, 0.6) is 0 Å². The van der Waals surface area contributed by atoms with E-state index in [1.807, 2.05) is 113 Å². The van der Waals surface area contributed by atoms with Crippen LogP contribution < -0.4 is 10.6 Å². The Labute approximate surface area is 250 Å². The summed E-state index contributed by atoms with van der Waals surface area (Å²) in [4.78, 5) is 43.3. The molecule has 3 aromatic rings. The van der Waals surface area contributed by atoms with Crippen LogP contribution >= 0.6 is 0 Å². The van der Waals surface area contributed by atoms with Crippen LogP contribution in [-0.4, -0.2) is 40.0 Å². The van der Waals surface area contributed by atoms with Crippen molar-refractivity contribution in [1.82, 2.24) is 15.5 Å². The molecule has 0 aromatic heterocycles. The highest BCUT2D eigenvalue weighted by atomic mass is 16.6. The van der Waals surface area contributed by atoms with E-state index in [1.54, 1.807) is 25.7 Å². The van der Waals surface area contributed by atoms with Gasteiger partial charge in [0.05, 0.1) is 0 Å². The summed E-state index contributed by atoms with van der Waals surface area (Å²) in [5, 5.41) is 5.88. The number of carbonyl (C=O) groups is 3. The number of hydrogen-bond acceptors (Lipinski definition) is 4. The summed E-state index contributed by atoms with van der Waals surface area (Å²) in [6.07, 6.45) is -0.460. The summed E-state index contributed by atoms with van der Waals surface area (Å²) < 4.78 is 5.53. The van der Waals surface area contributed by atoms with Crippen LogP contribution in [0.25, 0.3) is 0 Å². The number of ether oxygens (including phenoxy) is 1. The van der Waals surface area contributed by atoms with Crippen LogP contribution in [-0.2, 0) is 27.3 Å². The van der Waals surface area contributed by atoms with E-state index in [-0.39, 0.29) is 18.2 Å². The molecule has 7 heteroatoms. The summed E-state index contributed by atoms with van der Waals surface area (Å²) in [6.45, 7) is 15.3. The fourth-order valence-corrected chi connectivity index (χ4v) is 4.92. The van der Waals surface area contributed by atoms with E-state index >= 15 is 0 Å². The first-order valence-corrected chi connectivity index (χ1v) is 14.4. The minimum atomic E-state index is -0.975. The van der Waals surface area contributed by atoms with Crippen LogP contribution in [0.3, 0.4) is 0 Å². The zero-order valence-electron chi connectivity index (χ0n) is 26.2. The molecule has 0 bridgehead atoms. The fraction of sp³-hybridized carbons (Fsp3) is 0.400. The number of nitrogens with one attached hydrogen (secondary N) is 2. The standard InChI is InChI=1S/C35H45N3O4/c1-24-19-20-28(25(2)21-24)30(31(39)36-23-27-17-13-10-14-18-27)38(34(3,4)5)32(40)29(22-26-15-11-9-12-16-26)37-33(41)42-35(6,7)8/h9-21,29-30H,22-23H2,1-8H3,(H,36,39)(H,37,41). The summed E-state index contributed by atoms with van der Waals surface area (Å²) in [5.41, 5.74) is 2.98. The second-order valence-corrected chi connectivity index (χ2v) is 12.7. The predicted molar refractivity (Wildman–Crippen MR) is 167 cm³/mol. The Morgan fingerprint density at radius 1 is 0.810 bits per heavy atom. The number of rotatable bonds is 9. The van der Waals surface area contributed by atoms with Crippen molar-refractivity contribution < 1.29 is 19.1 Å². The highest BCUT2D eigenvalue weighted by molar-refractivity contribution is 5.93. The maximum Gasteiger partial charge on any atom is 0.408 e. The molecule has 0 fully saturated rings. The second kappa shape index (κ2) is 13.7. The molecular weight excluding hydrogens is 526 g/mol. The molecule has 224 valence electrons. The van der Waals surface area contributed by atoms with E-state index in [2.05, 4.69) is 10.6 Å². The largest absolute Gasteiger partial charge is 0.444 e. The van der Waals surface area contributed by atoms with Crippen LogP contribution in [0.15, 0.2) is 78.9 Å². The van der Waals surface area contributed by atoms with Gasteiger partial charge in [-0.3, -0.25) is 9.59 Å². The maximum atomic E-state index is 14.6. The van der Waals surface area contributed by atoms with Gasteiger partial charge in [-0.25, -0.2) is 4.79 Å². The van der Waals surface area contributed by atoms with Gasteiger partial charge in [0.1, 0.15) is 17.7 Å². The molecule has 0 aliphatic carbocycles. The molecule has 3 aromatic carbocycles. The first-order chi connectivity index (χ1) is 19.7. The number of aryl methyl sites for hydroxylation is 2. The number of amides is 3. The summed E-state index contributed by atoms with van der Waals surface area (Å²) in [6, 6.07) is 23.1. The number of benzene rings is 3. The number of carbonyl (C=O) groups excluding carboxylic acids is 3. The second-order valence-electron chi connectivity index (χ2n) is 12.7. The van der Waals surface area contributed by atoms with Crippen molar-refractivity contribution in [2.45, 2.75) is 91.6 Å². The van der Waals surface area contributed by atoms with E-state index in [9.17, 15) is 14.4 Å². The van der Waals surface area contributed by atoms with Gasteiger partial charge in [0, 0.05) is 18.5 Å². The van der Waals surface area contributed by atoms with Gasteiger partial charge in [0.15, 0.2) is 0 Å². The molecule has 0 aliphatic heterocycles. The monoisotopic (exact) mass is 571 g/mol. The van der Waals surface area contributed by atoms with Gasteiger partial charge in [-0.2, -0.15) is 0 Å². The average molecular weight is 572 g/mol. The molecule has 0 radical (unpaired) electrons. The zero-order chi connectivity index (χ0) is 31.1. The molecule has 2 N–H and O–H groups in total. The van der Waals surface area contributed by atoms with E-state index < -0.39 is 29.3 Å². The third kappa shape index (κ3) is 9.20. The molecular formula is C35H45N3O4. The highest BCUT2D eigenvalue weighted by Gasteiger charge is 2.42. The summed E-state index contributed by atoms with van der Waals surface area (Å²) in [7, 11) is 0. The van der Waals surface area contributed by atoms with Crippen molar-refractivity contribution in [3.05, 3.63) is 107 Å². The van der Waals surface area contributed by atoms with Crippen molar-refractivity contribution in [3.8, 4) is 0 Å². The molecule has 0 aliphatic rings. The Kier molecular flexibility index (Phi) is 10.6. The number of nitrogens with zero attached hydrogens (tertiary/aromatic N) is 1. The van der Waals surface area contributed by atoms with Gasteiger partial charge >= 0.3 is 6.09 Å². The van der Waals surface area contributed by atoms with Crippen LogP contribution in [0.4, 0.5) is 4.79 Å². The van der Waals surface area contributed by atoms with Gasteiger partial charge < -0.3 is 20.3 Å². The average Bonchev–Trinajstić information content (AvgIpc) is 2.89. The van der Waals surface area contributed by atoms with Crippen molar-refractivity contribution in [2.75, 3.05) is 0 Å². The van der Waals surface area contributed by atoms with E-state index in [4.69, 9.17) is 4.74 Å². The summed E-state index contributed by atoms with van der Waals surface area (Å²) in [5.74, 6) is -0.679. The van der Waals surface area contributed by atoms with Gasteiger partial charge in [-0.05, 0) is 77.6 Å². The topological polar surface area (TPSA) is 87.7 Å². The Morgan fingerprint density at radius 2 is 1.38 bits per heavy atom. The number of hydrogen-bond donors (Lipinski definition) is 2. The van der Waals surface area contributed by atoms with Crippen molar-refractivity contribution in [3.63, 3.8) is 0 Å². The lowest BCUT2D eigenvalue weighted by Gasteiger charge is -2.43.